The summed E-state index contributed by atoms with van der Waals surface area (Å²) in [5.74, 6) is -1.36. The molecule has 13 heteroatoms. The van der Waals surface area contributed by atoms with Crippen molar-refractivity contribution in [3.05, 3.63) is 101 Å². The number of rotatable bonds is 10. The molecule has 1 aliphatic carbocycles. The predicted octanol–water partition coefficient (Wildman–Crippen LogP) is 4.43. The molecule has 2 aliphatic rings. The zero-order valence-corrected chi connectivity index (χ0v) is 30.2. The lowest BCUT2D eigenvalue weighted by Gasteiger charge is -2.24. The van der Waals surface area contributed by atoms with Crippen LogP contribution < -0.4 is 21.7 Å². The first-order valence-corrected chi connectivity index (χ1v) is 17.6. The van der Waals surface area contributed by atoms with Gasteiger partial charge in [0.25, 0.3) is 5.89 Å². The quantitative estimate of drug-likeness (QED) is 0.0899. The van der Waals surface area contributed by atoms with E-state index in [2.05, 4.69) is 64.8 Å². The van der Waals surface area contributed by atoms with Crippen molar-refractivity contribution in [2.24, 2.45) is 5.73 Å². The van der Waals surface area contributed by atoms with E-state index in [0.717, 1.165) is 30.4 Å². The number of carbonyl (C=O) groups is 4. The average molecular weight is 714 g/mol. The summed E-state index contributed by atoms with van der Waals surface area (Å²) in [7, 11) is 1.96. The molecule has 1 fully saturated rings. The molecular weight excluding hydrogens is 662 g/mol. The molecule has 6 rings (SSSR count). The van der Waals surface area contributed by atoms with Crippen molar-refractivity contribution in [3.63, 3.8) is 0 Å². The SMILES string of the molecule is CCCNC.CCc1ccccc1.N=CN.O=C(NCC(=O)N1CCCC1C(=O)NCC(=O)c1nc2ccccc2o1)OC1Cc2ccccc2C1. The maximum atomic E-state index is 12.7. The van der Waals surface area contributed by atoms with Crippen molar-refractivity contribution in [2.45, 2.75) is 64.5 Å². The van der Waals surface area contributed by atoms with Gasteiger partial charge in [-0.05, 0) is 68.1 Å². The summed E-state index contributed by atoms with van der Waals surface area (Å²) >= 11 is 0. The molecule has 3 amide bonds. The van der Waals surface area contributed by atoms with E-state index < -0.39 is 23.8 Å². The molecule has 52 heavy (non-hydrogen) atoms. The van der Waals surface area contributed by atoms with Crippen LogP contribution in [-0.4, -0.2) is 85.3 Å². The van der Waals surface area contributed by atoms with E-state index >= 15 is 0 Å². The molecular formula is C39H51N7O6. The molecule has 4 aromatic rings. The van der Waals surface area contributed by atoms with Gasteiger partial charge in [-0.2, -0.15) is 0 Å². The van der Waals surface area contributed by atoms with Crippen LogP contribution in [0.1, 0.15) is 60.5 Å². The van der Waals surface area contributed by atoms with Gasteiger partial charge in [0, 0.05) is 19.4 Å². The summed E-state index contributed by atoms with van der Waals surface area (Å²) in [5, 5.41) is 14.0. The average Bonchev–Trinajstić information content (AvgIpc) is 3.93. The van der Waals surface area contributed by atoms with Crippen LogP contribution in [-0.2, 0) is 33.6 Å². The molecule has 1 saturated heterocycles. The third-order valence-corrected chi connectivity index (χ3v) is 8.25. The lowest BCUT2D eigenvalue weighted by molar-refractivity contribution is -0.137. The van der Waals surface area contributed by atoms with Crippen LogP contribution in [0, 0.1) is 5.41 Å². The number of nitrogens with one attached hydrogen (secondary N) is 4. The minimum absolute atomic E-state index is 0.0797. The summed E-state index contributed by atoms with van der Waals surface area (Å²) in [6.45, 7) is 5.28. The third kappa shape index (κ3) is 13.0. The Balaban J connectivity index is 0.000000379. The number of ether oxygens (including phenoxy) is 1. The van der Waals surface area contributed by atoms with Crippen molar-refractivity contribution in [2.75, 3.05) is 33.2 Å². The Morgan fingerprint density at radius 1 is 0.942 bits per heavy atom. The Hall–Kier alpha value is -5.56. The van der Waals surface area contributed by atoms with E-state index in [4.69, 9.17) is 14.6 Å². The number of likely N-dealkylation sites (tertiary alicyclic amines) is 1. The number of ketones is 1. The summed E-state index contributed by atoms with van der Waals surface area (Å²) in [5.41, 5.74) is 9.16. The first-order valence-electron chi connectivity index (χ1n) is 17.6. The Morgan fingerprint density at radius 2 is 1.58 bits per heavy atom. The number of amides is 3. The number of Topliss-reactive ketones (excluding diaryl/α,β-unsaturated/α-hetero) is 1. The lowest BCUT2D eigenvalue weighted by atomic mass is 10.1. The van der Waals surface area contributed by atoms with Crippen molar-refractivity contribution in [1.82, 2.24) is 25.8 Å². The van der Waals surface area contributed by atoms with Gasteiger partial charge in [0.05, 0.1) is 12.9 Å². The predicted molar refractivity (Wildman–Crippen MR) is 201 cm³/mol. The van der Waals surface area contributed by atoms with Crippen molar-refractivity contribution >= 4 is 41.1 Å². The molecule has 13 nitrogen and oxygen atoms in total. The highest BCUT2D eigenvalue weighted by Crippen LogP contribution is 2.24. The molecule has 0 saturated carbocycles. The normalized spacial score (nSPS) is 14.3. The number of aryl methyl sites for hydroxylation is 1. The van der Waals surface area contributed by atoms with E-state index in [1.807, 2.05) is 37.4 Å². The van der Waals surface area contributed by atoms with Gasteiger partial charge in [-0.1, -0.05) is 80.6 Å². The van der Waals surface area contributed by atoms with Crippen LogP contribution in [0.25, 0.3) is 11.1 Å². The zero-order valence-electron chi connectivity index (χ0n) is 30.2. The van der Waals surface area contributed by atoms with Gasteiger partial charge >= 0.3 is 6.09 Å². The summed E-state index contributed by atoms with van der Waals surface area (Å²) in [6, 6.07) is 24.7. The number of carbonyl (C=O) groups excluding carboxylic acids is 4. The van der Waals surface area contributed by atoms with E-state index in [1.54, 1.807) is 24.3 Å². The molecule has 0 radical (unpaired) electrons. The van der Waals surface area contributed by atoms with E-state index in [0.29, 0.717) is 43.3 Å². The van der Waals surface area contributed by atoms with Gasteiger partial charge in [0.2, 0.25) is 17.6 Å². The number of aromatic nitrogens is 1. The van der Waals surface area contributed by atoms with Crippen LogP contribution in [0.15, 0.2) is 83.3 Å². The number of benzene rings is 3. The topological polar surface area (TPSA) is 193 Å². The Labute approximate surface area is 305 Å². The highest BCUT2D eigenvalue weighted by Gasteiger charge is 2.34. The van der Waals surface area contributed by atoms with Gasteiger partial charge in [-0.3, -0.25) is 19.8 Å². The maximum Gasteiger partial charge on any atom is 0.407 e. The summed E-state index contributed by atoms with van der Waals surface area (Å²) in [6.07, 6.45) is 4.61. The zero-order chi connectivity index (χ0) is 37.7. The molecule has 1 aliphatic heterocycles. The molecule has 1 unspecified atom stereocenters. The standard InChI is InChI=1S/C26H26N4O6.C8H10.C4H11N.CH4N2/c31-21(25-29-19-8-3-4-10-22(19)36-25)14-27-24(33)20-9-5-11-30(20)23(32)15-28-26(34)35-18-12-16-6-1-2-7-17(16)13-18;1-2-8-6-4-3-5-7-8;1-3-4-5-2;2-1-3/h1-4,6-8,10,18,20H,5,9,11-15H2,(H,27,33)(H,28,34);3-7H,2H2,1H3;5H,3-4H2,1-2H3;1H,(H3,2,3). The second-order valence-corrected chi connectivity index (χ2v) is 12.0. The Morgan fingerprint density at radius 3 is 2.15 bits per heavy atom. The fourth-order valence-electron chi connectivity index (χ4n) is 5.70. The van der Waals surface area contributed by atoms with Gasteiger partial charge in [0.1, 0.15) is 24.2 Å². The molecule has 0 spiro atoms. The number of hydrogen-bond donors (Lipinski definition) is 5. The van der Waals surface area contributed by atoms with Crippen LogP contribution in [0.3, 0.4) is 0 Å². The number of alkyl carbamates (subject to hydrolysis) is 1. The van der Waals surface area contributed by atoms with Crippen LogP contribution in [0.5, 0.6) is 0 Å². The molecule has 1 aromatic heterocycles. The highest BCUT2D eigenvalue weighted by atomic mass is 16.6. The summed E-state index contributed by atoms with van der Waals surface area (Å²) < 4.78 is 10.9. The molecule has 2 heterocycles. The molecule has 3 aromatic carbocycles. The van der Waals surface area contributed by atoms with E-state index in [9.17, 15) is 19.2 Å². The lowest BCUT2D eigenvalue weighted by Crippen LogP contribution is -2.49. The van der Waals surface area contributed by atoms with Gasteiger partial charge < -0.3 is 35.7 Å². The van der Waals surface area contributed by atoms with Gasteiger partial charge in [-0.25, -0.2) is 9.78 Å². The summed E-state index contributed by atoms with van der Waals surface area (Å²) in [4.78, 5) is 55.7. The minimum atomic E-state index is -0.712. The Bertz CT molecular complexity index is 1670. The Kier molecular flexibility index (Phi) is 17.5. The fourth-order valence-corrected chi connectivity index (χ4v) is 5.70. The molecule has 0 bridgehead atoms. The second kappa shape index (κ2) is 22.3. The monoisotopic (exact) mass is 713 g/mol. The van der Waals surface area contributed by atoms with E-state index in [-0.39, 0.29) is 31.0 Å². The van der Waals surface area contributed by atoms with Crippen LogP contribution in [0.2, 0.25) is 0 Å². The largest absolute Gasteiger partial charge is 0.446 e. The molecule has 1 atom stereocenters. The van der Waals surface area contributed by atoms with Gasteiger partial charge in [0.15, 0.2) is 5.58 Å². The molecule has 6 N–H and O–H groups in total. The van der Waals surface area contributed by atoms with Crippen molar-refractivity contribution < 1.29 is 28.3 Å². The minimum Gasteiger partial charge on any atom is -0.446 e. The smallest absolute Gasteiger partial charge is 0.407 e. The van der Waals surface area contributed by atoms with E-state index in [1.165, 1.54) is 16.9 Å². The number of nitrogens with two attached hydrogens (primary N) is 1. The number of fused-ring (bicyclic) bond motifs is 2. The maximum absolute atomic E-state index is 12.7. The number of nitrogens with zero attached hydrogens (tertiary/aromatic N) is 2. The fraction of sp³-hybridized carbons (Fsp3) is 0.385. The first-order chi connectivity index (χ1) is 25.2. The number of para-hydroxylation sites is 2. The third-order valence-electron chi connectivity index (χ3n) is 8.25. The second-order valence-electron chi connectivity index (χ2n) is 12.0. The van der Waals surface area contributed by atoms with Crippen molar-refractivity contribution in [3.8, 4) is 0 Å². The number of hydrogen-bond acceptors (Lipinski definition) is 9. The molecule has 278 valence electrons. The first kappa shape index (κ1) is 40.9. The van der Waals surface area contributed by atoms with Crippen molar-refractivity contribution in [1.29, 1.82) is 5.41 Å². The highest BCUT2D eigenvalue weighted by molar-refractivity contribution is 5.98. The number of oxazole rings is 1. The van der Waals surface area contributed by atoms with Crippen LogP contribution in [0.4, 0.5) is 4.79 Å². The van der Waals surface area contributed by atoms with Crippen LogP contribution >= 0.6 is 0 Å². The van der Waals surface area contributed by atoms with Gasteiger partial charge in [-0.15, -0.1) is 0 Å².